The van der Waals surface area contributed by atoms with E-state index in [1.54, 1.807) is 7.11 Å². The predicted octanol–water partition coefficient (Wildman–Crippen LogP) is 4.87. The van der Waals surface area contributed by atoms with Gasteiger partial charge in [0.1, 0.15) is 5.75 Å². The Kier molecular flexibility index (Phi) is 6.02. The number of nitrogens with zero attached hydrogens (tertiary/aromatic N) is 1. The number of benzene rings is 2. The number of ether oxygens (including phenoxy) is 2. The molecule has 1 amide bonds. The van der Waals surface area contributed by atoms with Crippen LogP contribution in [-0.4, -0.2) is 37.6 Å². The summed E-state index contributed by atoms with van der Waals surface area (Å²) >= 11 is 3.53. The zero-order chi connectivity index (χ0) is 19.5. The quantitative estimate of drug-likeness (QED) is 0.676. The number of hydrogen-bond donors (Lipinski definition) is 0. The molecule has 5 heteroatoms. The lowest BCUT2D eigenvalue weighted by Crippen LogP contribution is -2.39. The van der Waals surface area contributed by atoms with E-state index in [0.717, 1.165) is 48.1 Å². The Labute approximate surface area is 175 Å². The van der Waals surface area contributed by atoms with Gasteiger partial charge in [0.2, 0.25) is 5.91 Å². The number of rotatable bonds is 4. The molecular formula is C23H26BrNO3. The fourth-order valence-corrected chi connectivity index (χ4v) is 4.71. The van der Waals surface area contributed by atoms with Crippen LogP contribution in [0.2, 0.25) is 0 Å². The number of likely N-dealkylation sites (tertiary alicyclic amines) is 1. The topological polar surface area (TPSA) is 38.8 Å². The molecule has 2 aliphatic rings. The summed E-state index contributed by atoms with van der Waals surface area (Å²) in [7, 11) is 1.69. The fraction of sp³-hybridized carbons (Fsp3) is 0.435. The van der Waals surface area contributed by atoms with Crippen molar-refractivity contribution in [1.29, 1.82) is 0 Å². The van der Waals surface area contributed by atoms with Gasteiger partial charge >= 0.3 is 0 Å². The number of halogens is 1. The molecule has 0 aliphatic carbocycles. The maximum atomic E-state index is 12.9. The smallest absolute Gasteiger partial charge is 0.225 e. The Balaban J connectivity index is 1.34. The minimum Gasteiger partial charge on any atom is -0.497 e. The van der Waals surface area contributed by atoms with Crippen LogP contribution >= 0.6 is 15.9 Å². The van der Waals surface area contributed by atoms with Gasteiger partial charge in [-0.25, -0.2) is 0 Å². The van der Waals surface area contributed by atoms with E-state index in [9.17, 15) is 4.79 Å². The van der Waals surface area contributed by atoms with E-state index in [-0.39, 0.29) is 12.0 Å². The van der Waals surface area contributed by atoms with Gasteiger partial charge in [0.25, 0.3) is 0 Å². The lowest BCUT2D eigenvalue weighted by atomic mass is 9.89. The Morgan fingerprint density at radius 3 is 2.64 bits per heavy atom. The molecule has 1 saturated heterocycles. The molecule has 4 nitrogen and oxygen atoms in total. The monoisotopic (exact) mass is 443 g/mol. The average Bonchev–Trinajstić information content (AvgIpc) is 2.74. The molecule has 148 valence electrons. The van der Waals surface area contributed by atoms with Gasteiger partial charge in [0.15, 0.2) is 0 Å². The standard InChI is InChI=1S/C23H26BrNO3/c1-27-20-5-2-16(3-6-20)17-8-11-25(12-9-17)23(26)15-22-21-7-4-19(24)14-18(21)10-13-28-22/h2-7,14,17,22H,8-13,15H2,1H3. The zero-order valence-electron chi connectivity index (χ0n) is 16.2. The van der Waals surface area contributed by atoms with Crippen LogP contribution in [0.1, 0.15) is 48.0 Å². The SMILES string of the molecule is COc1ccc(C2CCN(C(=O)CC3OCCc4cc(Br)ccc43)CC2)cc1. The molecule has 1 fully saturated rings. The lowest BCUT2D eigenvalue weighted by Gasteiger charge is -2.34. The molecule has 2 aromatic rings. The van der Waals surface area contributed by atoms with Gasteiger partial charge in [-0.3, -0.25) is 4.79 Å². The summed E-state index contributed by atoms with van der Waals surface area (Å²) in [6.45, 7) is 2.31. The van der Waals surface area contributed by atoms with E-state index in [2.05, 4.69) is 40.2 Å². The maximum absolute atomic E-state index is 12.9. The summed E-state index contributed by atoms with van der Waals surface area (Å²) in [5.74, 6) is 1.60. The number of methoxy groups -OCH3 is 1. The van der Waals surface area contributed by atoms with Gasteiger partial charge in [0.05, 0.1) is 26.2 Å². The summed E-state index contributed by atoms with van der Waals surface area (Å²) in [5, 5.41) is 0. The normalized spacial score (nSPS) is 19.9. The van der Waals surface area contributed by atoms with Crippen LogP contribution in [0.5, 0.6) is 5.75 Å². The van der Waals surface area contributed by atoms with E-state index in [0.29, 0.717) is 18.9 Å². The number of amides is 1. The van der Waals surface area contributed by atoms with E-state index < -0.39 is 0 Å². The molecule has 28 heavy (non-hydrogen) atoms. The molecule has 0 spiro atoms. The molecule has 1 atom stereocenters. The van der Waals surface area contributed by atoms with Crippen LogP contribution in [0.25, 0.3) is 0 Å². The Hall–Kier alpha value is -1.85. The Bertz CT molecular complexity index is 828. The third kappa shape index (κ3) is 4.26. The van der Waals surface area contributed by atoms with Gasteiger partial charge in [0, 0.05) is 17.6 Å². The maximum Gasteiger partial charge on any atom is 0.225 e. The van der Waals surface area contributed by atoms with Crippen molar-refractivity contribution in [3.05, 3.63) is 63.6 Å². The van der Waals surface area contributed by atoms with Gasteiger partial charge in [-0.15, -0.1) is 0 Å². The summed E-state index contributed by atoms with van der Waals surface area (Å²) in [4.78, 5) is 14.9. The van der Waals surface area contributed by atoms with Gasteiger partial charge < -0.3 is 14.4 Å². The molecular weight excluding hydrogens is 418 g/mol. The summed E-state index contributed by atoms with van der Waals surface area (Å²) in [6, 6.07) is 14.6. The fourth-order valence-electron chi connectivity index (χ4n) is 4.30. The van der Waals surface area contributed by atoms with Crippen molar-refractivity contribution >= 4 is 21.8 Å². The van der Waals surface area contributed by atoms with Crippen LogP contribution < -0.4 is 4.74 Å². The van der Waals surface area contributed by atoms with Gasteiger partial charge in [-0.1, -0.05) is 34.1 Å². The number of piperidine rings is 1. The Morgan fingerprint density at radius 1 is 1.18 bits per heavy atom. The summed E-state index contributed by atoms with van der Waals surface area (Å²) < 4.78 is 12.3. The first-order valence-corrected chi connectivity index (χ1v) is 10.7. The third-order valence-electron chi connectivity index (χ3n) is 5.94. The van der Waals surface area contributed by atoms with Crippen molar-refractivity contribution < 1.29 is 14.3 Å². The second-order valence-electron chi connectivity index (χ2n) is 7.58. The molecule has 0 bridgehead atoms. The van der Waals surface area contributed by atoms with Crippen molar-refractivity contribution in [3.8, 4) is 5.75 Å². The average molecular weight is 444 g/mol. The first-order valence-electron chi connectivity index (χ1n) is 9.95. The van der Waals surface area contributed by atoms with Crippen LogP contribution in [0.15, 0.2) is 46.9 Å². The van der Waals surface area contributed by atoms with E-state index in [1.165, 1.54) is 11.1 Å². The molecule has 2 heterocycles. The highest BCUT2D eigenvalue weighted by Gasteiger charge is 2.28. The predicted molar refractivity (Wildman–Crippen MR) is 113 cm³/mol. The molecule has 0 aromatic heterocycles. The van der Waals surface area contributed by atoms with E-state index in [4.69, 9.17) is 9.47 Å². The molecule has 4 rings (SSSR count). The first-order chi connectivity index (χ1) is 13.6. The second kappa shape index (κ2) is 8.66. The molecule has 0 radical (unpaired) electrons. The van der Waals surface area contributed by atoms with Crippen molar-refractivity contribution in [1.82, 2.24) is 4.90 Å². The van der Waals surface area contributed by atoms with E-state index >= 15 is 0 Å². The number of carbonyl (C=O) groups is 1. The molecule has 0 N–H and O–H groups in total. The van der Waals surface area contributed by atoms with Crippen molar-refractivity contribution in [2.24, 2.45) is 0 Å². The van der Waals surface area contributed by atoms with Crippen molar-refractivity contribution in [3.63, 3.8) is 0 Å². The number of hydrogen-bond acceptors (Lipinski definition) is 3. The Morgan fingerprint density at radius 2 is 1.93 bits per heavy atom. The lowest BCUT2D eigenvalue weighted by molar-refractivity contribution is -0.135. The summed E-state index contributed by atoms with van der Waals surface area (Å²) in [5.41, 5.74) is 3.79. The summed E-state index contributed by atoms with van der Waals surface area (Å²) in [6.07, 6.45) is 3.23. The van der Waals surface area contributed by atoms with Gasteiger partial charge in [-0.05, 0) is 66.1 Å². The second-order valence-corrected chi connectivity index (χ2v) is 8.50. The largest absolute Gasteiger partial charge is 0.497 e. The van der Waals surface area contributed by atoms with E-state index in [1.807, 2.05) is 23.1 Å². The highest BCUT2D eigenvalue weighted by Crippen LogP contribution is 2.34. The minimum absolute atomic E-state index is 0.122. The van der Waals surface area contributed by atoms with Gasteiger partial charge in [-0.2, -0.15) is 0 Å². The third-order valence-corrected chi connectivity index (χ3v) is 6.43. The van der Waals surface area contributed by atoms with Crippen LogP contribution in [0.4, 0.5) is 0 Å². The highest BCUT2D eigenvalue weighted by molar-refractivity contribution is 9.10. The molecule has 2 aliphatic heterocycles. The van der Waals surface area contributed by atoms with Crippen LogP contribution in [0, 0.1) is 0 Å². The number of carbonyl (C=O) groups excluding carboxylic acids is 1. The molecule has 2 aromatic carbocycles. The van der Waals surface area contributed by atoms with Crippen molar-refractivity contribution in [2.75, 3.05) is 26.8 Å². The minimum atomic E-state index is -0.122. The first kappa shape index (κ1) is 19.5. The van der Waals surface area contributed by atoms with Crippen LogP contribution in [0.3, 0.4) is 0 Å². The number of fused-ring (bicyclic) bond motifs is 1. The highest BCUT2D eigenvalue weighted by atomic mass is 79.9. The molecule has 0 saturated carbocycles. The molecule has 1 unspecified atom stereocenters. The zero-order valence-corrected chi connectivity index (χ0v) is 17.8. The van der Waals surface area contributed by atoms with Crippen molar-refractivity contribution in [2.45, 2.75) is 37.7 Å². The van der Waals surface area contributed by atoms with Crippen LogP contribution in [-0.2, 0) is 16.0 Å².